The van der Waals surface area contributed by atoms with Crippen molar-refractivity contribution in [3.63, 3.8) is 0 Å². The highest BCUT2D eigenvalue weighted by Crippen LogP contribution is 2.23. The Hall–Kier alpha value is -4.47. The van der Waals surface area contributed by atoms with Gasteiger partial charge >= 0.3 is 6.07 Å². The maximum absolute atomic E-state index is 11.6. The molecule has 226 valence electrons. The number of benzene rings is 4. The van der Waals surface area contributed by atoms with Crippen LogP contribution in [-0.4, -0.2) is 37.6 Å². The molecule has 0 fully saturated rings. The summed E-state index contributed by atoms with van der Waals surface area (Å²) in [6.45, 7) is 1.19. The summed E-state index contributed by atoms with van der Waals surface area (Å²) in [4.78, 5) is 0. The van der Waals surface area contributed by atoms with Crippen molar-refractivity contribution in [2.24, 2.45) is 0 Å². The third-order valence-electron chi connectivity index (χ3n) is 6.79. The van der Waals surface area contributed by atoms with E-state index < -0.39 is 24.4 Å². The highest BCUT2D eigenvalue weighted by atomic mass is 16.6. The fraction of sp³-hybridized carbons (Fsp3) is 0.270. The summed E-state index contributed by atoms with van der Waals surface area (Å²) in [6.07, 6.45) is 2.28. The number of rotatable bonds is 18. The van der Waals surface area contributed by atoms with Crippen molar-refractivity contribution in [3.8, 4) is 18.4 Å². The van der Waals surface area contributed by atoms with E-state index in [9.17, 15) is 5.21 Å². The van der Waals surface area contributed by atoms with Gasteiger partial charge in [0.05, 0.1) is 33.0 Å². The van der Waals surface area contributed by atoms with Gasteiger partial charge in [-0.25, -0.2) is 0 Å². The van der Waals surface area contributed by atoms with Crippen LogP contribution < -0.4 is 0 Å². The summed E-state index contributed by atoms with van der Waals surface area (Å²) in [7, 11) is 0. The summed E-state index contributed by atoms with van der Waals surface area (Å²) in [5, 5.41) is 14.6. The van der Waals surface area contributed by atoms with Crippen LogP contribution in [-0.2, 0) is 50.1 Å². The van der Waals surface area contributed by atoms with Gasteiger partial charge in [-0.05, 0) is 22.3 Å². The minimum atomic E-state index is -1.00. The molecular weight excluding hydrogens is 554 g/mol. The minimum Gasteiger partial charge on any atom is -0.498 e. The Bertz CT molecular complexity index is 1440. The molecule has 0 saturated carbocycles. The maximum Gasteiger partial charge on any atom is 0.333 e. The van der Waals surface area contributed by atoms with Gasteiger partial charge in [-0.2, -0.15) is 0 Å². The monoisotopic (exact) mass is 591 g/mol. The van der Waals surface area contributed by atoms with Crippen molar-refractivity contribution in [2.75, 3.05) is 13.2 Å². The molecule has 7 heteroatoms. The lowest BCUT2D eigenvalue weighted by Gasteiger charge is -2.34. The van der Waals surface area contributed by atoms with Crippen LogP contribution in [0.1, 0.15) is 22.3 Å². The van der Waals surface area contributed by atoms with Crippen LogP contribution in [0, 0.1) is 23.6 Å². The fourth-order valence-corrected chi connectivity index (χ4v) is 4.58. The van der Waals surface area contributed by atoms with Crippen LogP contribution in [0.4, 0.5) is 0 Å². The number of nitrogens with zero attached hydrogens (tertiary/aromatic N) is 1. The Balaban J connectivity index is 1.63. The van der Waals surface area contributed by atoms with Gasteiger partial charge in [0.1, 0.15) is 24.9 Å². The molecule has 4 aromatic rings. The molecule has 0 aliphatic rings. The molecule has 0 aliphatic heterocycles. The standard InChI is InChI=1S/C37H37NO6/c1-2-23-41-37(35(43-27-32-19-11-5-12-20-32)29-40-25-30-15-7-3-8-16-30)36(44-28-33-21-13-6-14-22-33)34(24-38-39)42-26-31-17-9-4-10-18-31/h1,3-22,34-37H,23,25-29H2/t34-,35+,36+,37+/m0/s1. The summed E-state index contributed by atoms with van der Waals surface area (Å²) < 4.78 is 31.5. The number of terminal acetylenes is 1. The lowest BCUT2D eigenvalue weighted by molar-refractivity contribution is -0.183. The first-order valence-electron chi connectivity index (χ1n) is 14.5. The van der Waals surface area contributed by atoms with Crippen LogP contribution in [0.2, 0.25) is 0 Å². The Morgan fingerprint density at radius 3 is 1.50 bits per heavy atom. The molecule has 0 aliphatic carbocycles. The van der Waals surface area contributed by atoms with Gasteiger partial charge < -0.3 is 28.9 Å². The van der Waals surface area contributed by atoms with E-state index in [2.05, 4.69) is 17.0 Å². The van der Waals surface area contributed by atoms with Gasteiger partial charge in [-0.3, -0.25) is 0 Å². The van der Waals surface area contributed by atoms with E-state index in [0.717, 1.165) is 22.3 Å². The van der Waals surface area contributed by atoms with E-state index in [0.29, 0.717) is 6.61 Å². The van der Waals surface area contributed by atoms with E-state index in [4.69, 9.17) is 30.1 Å². The van der Waals surface area contributed by atoms with Crippen LogP contribution >= 0.6 is 0 Å². The molecule has 0 saturated heterocycles. The second kappa shape index (κ2) is 18.9. The molecular formula is C37H37NO6. The lowest BCUT2D eigenvalue weighted by atomic mass is 10.0. The Morgan fingerprint density at radius 1 is 0.568 bits per heavy atom. The molecule has 0 aromatic heterocycles. The zero-order valence-electron chi connectivity index (χ0n) is 24.6. The van der Waals surface area contributed by atoms with Crippen LogP contribution in [0.25, 0.3) is 5.01 Å². The molecule has 4 rings (SSSR count). The van der Waals surface area contributed by atoms with E-state index >= 15 is 0 Å². The minimum absolute atomic E-state index is 0.0281. The van der Waals surface area contributed by atoms with E-state index in [1.807, 2.05) is 121 Å². The molecule has 7 nitrogen and oxygen atoms in total. The Kier molecular flexibility index (Phi) is 14.0. The third-order valence-corrected chi connectivity index (χ3v) is 6.79. The first-order chi connectivity index (χ1) is 21.8. The zero-order chi connectivity index (χ0) is 30.7. The number of hydrogen-bond acceptors (Lipinski definition) is 6. The largest absolute Gasteiger partial charge is 0.498 e. The summed E-state index contributed by atoms with van der Waals surface area (Å²) in [6, 6.07) is 41.5. The summed E-state index contributed by atoms with van der Waals surface area (Å²) >= 11 is 0. The van der Waals surface area contributed by atoms with Gasteiger partial charge in [0, 0.05) is 5.01 Å². The first kappa shape index (κ1) is 32.4. The molecule has 0 unspecified atom stereocenters. The predicted octanol–water partition coefficient (Wildman–Crippen LogP) is 6.81. The molecule has 44 heavy (non-hydrogen) atoms. The van der Waals surface area contributed by atoms with Gasteiger partial charge in [-0.1, -0.05) is 127 Å². The maximum atomic E-state index is 11.6. The predicted molar refractivity (Wildman–Crippen MR) is 170 cm³/mol. The Morgan fingerprint density at radius 2 is 1.02 bits per heavy atom. The lowest BCUT2D eigenvalue weighted by Crippen LogP contribution is -2.50. The molecule has 0 bridgehead atoms. The topological polar surface area (TPSA) is 73.6 Å². The van der Waals surface area contributed by atoms with Gasteiger partial charge in [0.25, 0.3) is 0 Å². The van der Waals surface area contributed by atoms with Crippen molar-refractivity contribution in [1.29, 1.82) is 0 Å². The second-order valence-electron chi connectivity index (χ2n) is 10.0. The van der Waals surface area contributed by atoms with Crippen LogP contribution in [0.3, 0.4) is 0 Å². The van der Waals surface area contributed by atoms with Crippen molar-refractivity contribution < 1.29 is 23.7 Å². The Labute approximate surface area is 259 Å². The summed E-state index contributed by atoms with van der Waals surface area (Å²) in [5.74, 6) is 2.55. The normalized spacial score (nSPS) is 13.5. The van der Waals surface area contributed by atoms with Crippen LogP contribution in [0.5, 0.6) is 0 Å². The van der Waals surface area contributed by atoms with Crippen molar-refractivity contribution in [3.05, 3.63) is 154 Å². The summed E-state index contributed by atoms with van der Waals surface area (Å²) in [5.41, 5.74) is 3.83. The molecule has 0 spiro atoms. The molecule has 0 radical (unpaired) electrons. The average molecular weight is 592 g/mol. The third kappa shape index (κ3) is 11.0. The molecule has 0 N–H and O–H groups in total. The smallest absolute Gasteiger partial charge is 0.333 e. The molecule has 4 atom stereocenters. The second-order valence-corrected chi connectivity index (χ2v) is 10.0. The SMILES string of the molecule is C#CCO[C@@H]([C@H](OCc1ccccc1)[C@H](C#[N+][O-])OCc1ccccc1)[C@@H](COCc1ccccc1)OCc1ccccc1. The quantitative estimate of drug-likeness (QED) is 0.0935. The molecule has 4 aromatic carbocycles. The highest BCUT2D eigenvalue weighted by molar-refractivity contribution is 5.17. The van der Waals surface area contributed by atoms with Gasteiger partial charge in [0.2, 0.25) is 6.10 Å². The van der Waals surface area contributed by atoms with Crippen molar-refractivity contribution in [1.82, 2.24) is 0 Å². The first-order valence-corrected chi connectivity index (χ1v) is 14.5. The van der Waals surface area contributed by atoms with E-state index in [1.54, 1.807) is 0 Å². The van der Waals surface area contributed by atoms with E-state index in [1.165, 1.54) is 0 Å². The van der Waals surface area contributed by atoms with Crippen LogP contribution in [0.15, 0.2) is 121 Å². The van der Waals surface area contributed by atoms with Crippen molar-refractivity contribution in [2.45, 2.75) is 50.8 Å². The molecule has 0 amide bonds. The fourth-order valence-electron chi connectivity index (χ4n) is 4.58. The zero-order valence-corrected chi connectivity index (χ0v) is 24.6. The molecule has 0 heterocycles. The van der Waals surface area contributed by atoms with Gasteiger partial charge in [-0.15, -0.1) is 6.42 Å². The van der Waals surface area contributed by atoms with E-state index in [-0.39, 0.29) is 33.0 Å². The average Bonchev–Trinajstić information content (AvgIpc) is 3.08. The number of ether oxygens (including phenoxy) is 5. The van der Waals surface area contributed by atoms with Gasteiger partial charge in [0.15, 0.2) is 0 Å². The highest BCUT2D eigenvalue weighted by Gasteiger charge is 2.40. The van der Waals surface area contributed by atoms with Crippen molar-refractivity contribution >= 4 is 0 Å². The number of hydrogen-bond donors (Lipinski definition) is 0.